The second-order valence-electron chi connectivity index (χ2n) is 7.92. The van der Waals surface area contributed by atoms with Crippen LogP contribution in [0.3, 0.4) is 0 Å². The third kappa shape index (κ3) is 3.62. The molecule has 3 heterocycles. The molecule has 29 heavy (non-hydrogen) atoms. The van der Waals surface area contributed by atoms with Crippen molar-refractivity contribution in [3.63, 3.8) is 0 Å². The van der Waals surface area contributed by atoms with E-state index in [1.165, 1.54) is 0 Å². The number of piperidine rings is 1. The van der Waals surface area contributed by atoms with Gasteiger partial charge in [-0.25, -0.2) is 4.98 Å². The highest BCUT2D eigenvalue weighted by molar-refractivity contribution is 6.09. The number of nitrogens with zero attached hydrogens (tertiary/aromatic N) is 3. The van der Waals surface area contributed by atoms with Gasteiger partial charge in [-0.1, -0.05) is 25.1 Å². The Kier molecular flexibility index (Phi) is 5.09. The molecule has 1 N–H and O–H groups in total. The fourth-order valence-corrected chi connectivity index (χ4v) is 3.78. The molecular formula is C23H26N4O2. The van der Waals surface area contributed by atoms with Crippen molar-refractivity contribution >= 4 is 23.0 Å². The summed E-state index contributed by atoms with van der Waals surface area (Å²) in [6, 6.07) is 11.3. The molecule has 0 radical (unpaired) electrons. The van der Waals surface area contributed by atoms with Crippen molar-refractivity contribution in [2.75, 3.05) is 18.4 Å². The van der Waals surface area contributed by atoms with Gasteiger partial charge in [-0.05, 0) is 61.9 Å². The summed E-state index contributed by atoms with van der Waals surface area (Å²) < 4.78 is 1.72. The van der Waals surface area contributed by atoms with Crippen LogP contribution < -0.4 is 5.32 Å². The minimum Gasteiger partial charge on any atom is -0.336 e. The summed E-state index contributed by atoms with van der Waals surface area (Å²) in [5.74, 6) is 0.494. The number of benzene rings is 1. The largest absolute Gasteiger partial charge is 0.336 e. The Morgan fingerprint density at radius 2 is 1.83 bits per heavy atom. The average Bonchev–Trinajstić information content (AvgIpc) is 3.11. The number of likely N-dealkylation sites (tertiary alicyclic amines) is 1. The van der Waals surface area contributed by atoms with Gasteiger partial charge in [0.25, 0.3) is 11.8 Å². The first kappa shape index (κ1) is 19.2. The van der Waals surface area contributed by atoms with Gasteiger partial charge in [-0.15, -0.1) is 0 Å². The van der Waals surface area contributed by atoms with E-state index in [1.807, 2.05) is 55.1 Å². The molecule has 2 aromatic heterocycles. The molecule has 6 nitrogen and oxygen atoms in total. The summed E-state index contributed by atoms with van der Waals surface area (Å²) in [7, 11) is 0. The molecule has 6 heteroatoms. The molecule has 4 rings (SSSR count). The number of nitrogens with one attached hydrogen (secondary N) is 1. The molecule has 1 aliphatic heterocycles. The van der Waals surface area contributed by atoms with Crippen molar-refractivity contribution in [3.8, 4) is 0 Å². The number of amides is 2. The van der Waals surface area contributed by atoms with Gasteiger partial charge in [0.2, 0.25) is 5.82 Å². The highest BCUT2D eigenvalue weighted by Crippen LogP contribution is 2.22. The fraction of sp³-hybridized carbons (Fsp3) is 0.348. The van der Waals surface area contributed by atoms with Crippen molar-refractivity contribution in [1.82, 2.24) is 14.3 Å². The predicted octanol–water partition coefficient (Wildman–Crippen LogP) is 4.08. The van der Waals surface area contributed by atoms with Crippen molar-refractivity contribution < 1.29 is 9.59 Å². The Bertz CT molecular complexity index is 1080. The van der Waals surface area contributed by atoms with Crippen LogP contribution in [0.25, 0.3) is 5.52 Å². The van der Waals surface area contributed by atoms with Gasteiger partial charge in [0.1, 0.15) is 0 Å². The number of anilines is 1. The summed E-state index contributed by atoms with van der Waals surface area (Å²) in [6.07, 6.45) is 3.78. The van der Waals surface area contributed by atoms with Crippen LogP contribution in [0.4, 0.5) is 5.69 Å². The first-order valence-corrected chi connectivity index (χ1v) is 10.1. The first-order valence-electron chi connectivity index (χ1n) is 10.1. The molecule has 0 bridgehead atoms. The molecule has 0 spiro atoms. The summed E-state index contributed by atoms with van der Waals surface area (Å²) in [6.45, 7) is 7.65. The Morgan fingerprint density at radius 3 is 2.59 bits per heavy atom. The van der Waals surface area contributed by atoms with Gasteiger partial charge in [-0.3, -0.25) is 14.0 Å². The van der Waals surface area contributed by atoms with Crippen LogP contribution >= 0.6 is 0 Å². The van der Waals surface area contributed by atoms with Crippen LogP contribution in [-0.4, -0.2) is 39.2 Å². The summed E-state index contributed by atoms with van der Waals surface area (Å²) in [5.41, 5.74) is 3.77. The number of imidazole rings is 1. The summed E-state index contributed by atoms with van der Waals surface area (Å²) in [5, 5.41) is 2.96. The first-order chi connectivity index (χ1) is 14.0. The number of pyridine rings is 1. The van der Waals surface area contributed by atoms with Gasteiger partial charge in [0.15, 0.2) is 5.69 Å². The lowest BCUT2D eigenvalue weighted by Crippen LogP contribution is -2.38. The van der Waals surface area contributed by atoms with Crippen LogP contribution in [0, 0.1) is 19.8 Å². The van der Waals surface area contributed by atoms with Crippen LogP contribution in [-0.2, 0) is 0 Å². The molecule has 0 saturated carbocycles. The molecule has 1 saturated heterocycles. The standard InChI is InChI=1S/C23H26N4O2/c1-15-10-13-26(14-11-15)23(29)21-25-20(19-9-4-5-12-27(19)21)22(28)24-18-8-6-7-16(2)17(18)3/h4-9,12,15H,10-11,13-14H2,1-3H3,(H,24,28). The number of rotatable bonds is 3. The van der Waals surface area contributed by atoms with Crippen molar-refractivity contribution in [2.45, 2.75) is 33.6 Å². The Hall–Kier alpha value is -3.15. The maximum absolute atomic E-state index is 13.1. The second-order valence-corrected chi connectivity index (χ2v) is 7.92. The lowest BCUT2D eigenvalue weighted by molar-refractivity contribution is 0.0684. The molecule has 150 valence electrons. The molecule has 3 aromatic rings. The zero-order chi connectivity index (χ0) is 20.5. The predicted molar refractivity (Wildman–Crippen MR) is 113 cm³/mol. The van der Waals surface area contributed by atoms with Crippen LogP contribution in [0.2, 0.25) is 0 Å². The van der Waals surface area contributed by atoms with Gasteiger partial charge in [-0.2, -0.15) is 0 Å². The van der Waals surface area contributed by atoms with Crippen LogP contribution in [0.15, 0.2) is 42.6 Å². The number of hydrogen-bond acceptors (Lipinski definition) is 3. The van der Waals surface area contributed by atoms with E-state index in [9.17, 15) is 9.59 Å². The van der Waals surface area contributed by atoms with Crippen molar-refractivity contribution in [2.24, 2.45) is 5.92 Å². The number of carbonyl (C=O) groups is 2. The van der Waals surface area contributed by atoms with E-state index in [0.717, 1.165) is 42.7 Å². The number of aryl methyl sites for hydroxylation is 1. The minimum atomic E-state index is -0.311. The zero-order valence-corrected chi connectivity index (χ0v) is 17.1. The van der Waals surface area contributed by atoms with Crippen LogP contribution in [0.5, 0.6) is 0 Å². The smallest absolute Gasteiger partial charge is 0.290 e. The van der Waals surface area contributed by atoms with Gasteiger partial charge >= 0.3 is 0 Å². The van der Waals surface area contributed by atoms with E-state index in [0.29, 0.717) is 17.3 Å². The molecule has 0 atom stereocenters. The molecule has 0 aliphatic carbocycles. The topological polar surface area (TPSA) is 66.7 Å². The molecule has 1 fully saturated rings. The minimum absolute atomic E-state index is 0.121. The number of fused-ring (bicyclic) bond motifs is 1. The highest BCUT2D eigenvalue weighted by Gasteiger charge is 2.27. The molecule has 0 unspecified atom stereocenters. The normalized spacial score (nSPS) is 14.9. The maximum Gasteiger partial charge on any atom is 0.290 e. The maximum atomic E-state index is 13.1. The Labute approximate surface area is 170 Å². The monoisotopic (exact) mass is 390 g/mol. The average molecular weight is 390 g/mol. The lowest BCUT2D eigenvalue weighted by Gasteiger charge is -2.29. The van der Waals surface area contributed by atoms with E-state index in [4.69, 9.17) is 0 Å². The van der Waals surface area contributed by atoms with Gasteiger partial charge in [0, 0.05) is 25.0 Å². The quantitative estimate of drug-likeness (QED) is 0.733. The van der Waals surface area contributed by atoms with Crippen molar-refractivity contribution in [3.05, 3.63) is 65.2 Å². The third-order valence-electron chi connectivity index (χ3n) is 5.88. The van der Waals surface area contributed by atoms with E-state index in [-0.39, 0.29) is 17.5 Å². The zero-order valence-electron chi connectivity index (χ0n) is 17.1. The Morgan fingerprint density at radius 1 is 1.07 bits per heavy atom. The second kappa shape index (κ2) is 7.70. The van der Waals surface area contributed by atoms with Crippen LogP contribution in [0.1, 0.15) is 52.0 Å². The number of hydrogen-bond donors (Lipinski definition) is 1. The van der Waals surface area contributed by atoms with E-state index in [2.05, 4.69) is 17.2 Å². The molecular weight excluding hydrogens is 364 g/mol. The fourth-order valence-electron chi connectivity index (χ4n) is 3.78. The summed E-state index contributed by atoms with van der Waals surface area (Å²) >= 11 is 0. The lowest BCUT2D eigenvalue weighted by atomic mass is 9.99. The summed E-state index contributed by atoms with van der Waals surface area (Å²) in [4.78, 5) is 32.5. The highest BCUT2D eigenvalue weighted by atomic mass is 16.2. The third-order valence-corrected chi connectivity index (χ3v) is 5.88. The molecule has 1 aromatic carbocycles. The SMILES string of the molecule is Cc1cccc(NC(=O)c2nc(C(=O)N3CCC(C)CC3)n3ccccc23)c1C. The molecule has 2 amide bonds. The van der Waals surface area contributed by atoms with E-state index >= 15 is 0 Å². The van der Waals surface area contributed by atoms with Gasteiger partial charge in [0.05, 0.1) is 5.52 Å². The van der Waals surface area contributed by atoms with Crippen molar-refractivity contribution in [1.29, 1.82) is 0 Å². The molecule has 1 aliphatic rings. The Balaban J connectivity index is 1.68. The van der Waals surface area contributed by atoms with Gasteiger partial charge < -0.3 is 10.2 Å². The van der Waals surface area contributed by atoms with E-state index in [1.54, 1.807) is 10.6 Å². The van der Waals surface area contributed by atoms with E-state index < -0.39 is 0 Å². The number of aromatic nitrogens is 2. The number of carbonyl (C=O) groups excluding carboxylic acids is 2.